The number of anilines is 2. The largest absolute Gasteiger partial charge is 0.365 e. The van der Waals surface area contributed by atoms with Gasteiger partial charge in [0.05, 0.1) is 0 Å². The number of benzene rings is 2. The van der Waals surface area contributed by atoms with Crippen molar-refractivity contribution >= 4 is 17.4 Å². The van der Waals surface area contributed by atoms with Gasteiger partial charge in [0.1, 0.15) is 11.6 Å². The van der Waals surface area contributed by atoms with Crippen molar-refractivity contribution in [3.63, 3.8) is 0 Å². The zero-order valence-corrected chi connectivity index (χ0v) is 15.2. The van der Waals surface area contributed by atoms with Crippen LogP contribution in [-0.2, 0) is 6.54 Å². The van der Waals surface area contributed by atoms with Gasteiger partial charge in [0.25, 0.3) is 5.91 Å². The molecule has 1 amide bonds. The number of amides is 1. The molecule has 0 aliphatic rings. The summed E-state index contributed by atoms with van der Waals surface area (Å²) in [6.45, 7) is 4.73. The number of rotatable bonds is 6. The van der Waals surface area contributed by atoms with Gasteiger partial charge in [0.15, 0.2) is 5.69 Å². The Kier molecular flexibility index (Phi) is 5.76. The standard InChI is InChI=1S/C21H21FN4O/c1-14(2)16-5-9-18(10-6-16)24-21(27)19-11-12-20(26-25-19)23-13-15-3-7-17(22)8-4-15/h3-12,14H,13H2,1-2H3,(H,23,26)(H,24,27). The third kappa shape index (κ3) is 5.10. The highest BCUT2D eigenvalue weighted by Gasteiger charge is 2.09. The summed E-state index contributed by atoms with van der Waals surface area (Å²) in [5.41, 5.74) is 3.08. The fourth-order valence-corrected chi connectivity index (χ4v) is 2.49. The highest BCUT2D eigenvalue weighted by molar-refractivity contribution is 6.02. The minimum absolute atomic E-state index is 0.232. The highest BCUT2D eigenvalue weighted by Crippen LogP contribution is 2.17. The molecule has 0 radical (unpaired) electrons. The summed E-state index contributed by atoms with van der Waals surface area (Å²) in [7, 11) is 0. The summed E-state index contributed by atoms with van der Waals surface area (Å²) < 4.78 is 12.9. The van der Waals surface area contributed by atoms with Gasteiger partial charge in [-0.2, -0.15) is 0 Å². The van der Waals surface area contributed by atoms with E-state index in [0.29, 0.717) is 24.0 Å². The van der Waals surface area contributed by atoms with Crippen LogP contribution in [0, 0.1) is 5.82 Å². The van der Waals surface area contributed by atoms with Gasteiger partial charge in [-0.3, -0.25) is 4.79 Å². The first-order valence-electron chi connectivity index (χ1n) is 8.74. The molecule has 0 aliphatic heterocycles. The van der Waals surface area contributed by atoms with Gasteiger partial charge < -0.3 is 10.6 Å². The second-order valence-electron chi connectivity index (χ2n) is 6.51. The average molecular weight is 364 g/mol. The lowest BCUT2D eigenvalue weighted by Crippen LogP contribution is -2.15. The lowest BCUT2D eigenvalue weighted by Gasteiger charge is -2.08. The molecule has 138 valence electrons. The van der Waals surface area contributed by atoms with Crippen molar-refractivity contribution in [3.8, 4) is 0 Å². The van der Waals surface area contributed by atoms with E-state index in [0.717, 1.165) is 5.56 Å². The zero-order valence-electron chi connectivity index (χ0n) is 15.2. The third-order valence-corrected chi connectivity index (χ3v) is 4.12. The number of carbonyl (C=O) groups excluding carboxylic acids is 1. The van der Waals surface area contributed by atoms with Gasteiger partial charge in [0.2, 0.25) is 0 Å². The summed E-state index contributed by atoms with van der Waals surface area (Å²) in [6.07, 6.45) is 0. The van der Waals surface area contributed by atoms with Crippen molar-refractivity contribution in [2.45, 2.75) is 26.3 Å². The van der Waals surface area contributed by atoms with Crippen LogP contribution < -0.4 is 10.6 Å². The number of halogens is 1. The Labute approximate surface area is 157 Å². The Morgan fingerprint density at radius 3 is 2.26 bits per heavy atom. The predicted molar refractivity (Wildman–Crippen MR) is 104 cm³/mol. The molecule has 0 fully saturated rings. The lowest BCUT2D eigenvalue weighted by molar-refractivity contribution is 0.102. The van der Waals surface area contributed by atoms with Gasteiger partial charge in [-0.15, -0.1) is 10.2 Å². The number of nitrogens with zero attached hydrogens (tertiary/aromatic N) is 2. The molecule has 3 rings (SSSR count). The van der Waals surface area contributed by atoms with Gasteiger partial charge in [-0.25, -0.2) is 4.39 Å². The molecule has 2 N–H and O–H groups in total. The first kappa shape index (κ1) is 18.5. The molecule has 27 heavy (non-hydrogen) atoms. The van der Waals surface area contributed by atoms with Crippen LogP contribution >= 0.6 is 0 Å². The number of hydrogen-bond acceptors (Lipinski definition) is 4. The summed E-state index contributed by atoms with van der Waals surface area (Å²) in [5.74, 6) is 0.394. The number of hydrogen-bond donors (Lipinski definition) is 2. The van der Waals surface area contributed by atoms with E-state index in [9.17, 15) is 9.18 Å². The van der Waals surface area contributed by atoms with Crippen molar-refractivity contribution in [1.82, 2.24) is 10.2 Å². The molecule has 2 aromatic carbocycles. The maximum Gasteiger partial charge on any atom is 0.276 e. The SMILES string of the molecule is CC(C)c1ccc(NC(=O)c2ccc(NCc3ccc(F)cc3)nn2)cc1. The monoisotopic (exact) mass is 364 g/mol. The smallest absolute Gasteiger partial charge is 0.276 e. The van der Waals surface area contributed by atoms with Crippen LogP contribution in [0.3, 0.4) is 0 Å². The van der Waals surface area contributed by atoms with E-state index in [-0.39, 0.29) is 17.4 Å². The summed E-state index contributed by atoms with van der Waals surface area (Å²) >= 11 is 0. The fraction of sp³-hybridized carbons (Fsp3) is 0.190. The molecule has 5 nitrogen and oxygen atoms in total. The van der Waals surface area contributed by atoms with Crippen LogP contribution in [0.25, 0.3) is 0 Å². The van der Waals surface area contributed by atoms with E-state index in [1.807, 2.05) is 24.3 Å². The van der Waals surface area contributed by atoms with Crippen molar-refractivity contribution in [1.29, 1.82) is 0 Å². The zero-order chi connectivity index (χ0) is 19.2. The molecule has 0 saturated heterocycles. The number of nitrogens with one attached hydrogen (secondary N) is 2. The minimum atomic E-state index is -0.315. The highest BCUT2D eigenvalue weighted by atomic mass is 19.1. The quantitative estimate of drug-likeness (QED) is 0.671. The van der Waals surface area contributed by atoms with Gasteiger partial charge >= 0.3 is 0 Å². The van der Waals surface area contributed by atoms with Crippen LogP contribution in [-0.4, -0.2) is 16.1 Å². The summed E-state index contributed by atoms with van der Waals surface area (Å²) in [5, 5.41) is 13.9. The first-order valence-corrected chi connectivity index (χ1v) is 8.74. The lowest BCUT2D eigenvalue weighted by atomic mass is 10.0. The van der Waals surface area contributed by atoms with Crippen molar-refractivity contribution in [3.05, 3.63) is 83.3 Å². The Balaban J connectivity index is 1.57. The van der Waals surface area contributed by atoms with Gasteiger partial charge in [0, 0.05) is 12.2 Å². The number of carbonyl (C=O) groups is 1. The van der Waals surface area contributed by atoms with Crippen LogP contribution in [0.15, 0.2) is 60.7 Å². The van der Waals surface area contributed by atoms with Crippen molar-refractivity contribution in [2.24, 2.45) is 0 Å². The Morgan fingerprint density at radius 1 is 0.963 bits per heavy atom. The average Bonchev–Trinajstić information content (AvgIpc) is 2.68. The minimum Gasteiger partial charge on any atom is -0.365 e. The van der Waals surface area contributed by atoms with Crippen molar-refractivity contribution in [2.75, 3.05) is 10.6 Å². The van der Waals surface area contributed by atoms with Gasteiger partial charge in [-0.05, 0) is 53.4 Å². The van der Waals surface area contributed by atoms with E-state index in [1.165, 1.54) is 17.7 Å². The molecule has 0 bridgehead atoms. The Morgan fingerprint density at radius 2 is 1.67 bits per heavy atom. The summed E-state index contributed by atoms with van der Waals surface area (Å²) in [6, 6.07) is 17.2. The maximum atomic E-state index is 12.9. The third-order valence-electron chi connectivity index (χ3n) is 4.12. The topological polar surface area (TPSA) is 66.9 Å². The molecule has 1 heterocycles. The fourth-order valence-electron chi connectivity index (χ4n) is 2.49. The molecule has 0 spiro atoms. The van der Waals surface area contributed by atoms with Gasteiger partial charge in [-0.1, -0.05) is 38.1 Å². The molecular weight excluding hydrogens is 343 g/mol. The van der Waals surface area contributed by atoms with Crippen molar-refractivity contribution < 1.29 is 9.18 Å². The number of aromatic nitrogens is 2. The van der Waals surface area contributed by atoms with Crippen LogP contribution in [0.1, 0.15) is 41.4 Å². The van der Waals surface area contributed by atoms with E-state index >= 15 is 0 Å². The summed E-state index contributed by atoms with van der Waals surface area (Å²) in [4.78, 5) is 12.3. The van der Waals surface area contributed by atoms with E-state index in [1.54, 1.807) is 24.3 Å². The normalized spacial score (nSPS) is 10.7. The molecule has 0 saturated carbocycles. The molecule has 0 atom stereocenters. The Bertz CT molecular complexity index is 891. The van der Waals surface area contributed by atoms with Crippen LogP contribution in [0.2, 0.25) is 0 Å². The molecular formula is C21H21FN4O. The second kappa shape index (κ2) is 8.40. The van der Waals surface area contributed by atoms with Crippen LogP contribution in [0.5, 0.6) is 0 Å². The van der Waals surface area contributed by atoms with E-state index in [2.05, 4.69) is 34.7 Å². The molecule has 3 aromatic rings. The predicted octanol–water partition coefficient (Wildman–Crippen LogP) is 4.60. The molecule has 1 aromatic heterocycles. The molecule has 0 unspecified atom stereocenters. The second-order valence-corrected chi connectivity index (χ2v) is 6.51. The molecule has 6 heteroatoms. The molecule has 0 aliphatic carbocycles. The Hall–Kier alpha value is -3.28. The van der Waals surface area contributed by atoms with Crippen LogP contribution in [0.4, 0.5) is 15.9 Å². The maximum absolute atomic E-state index is 12.9. The first-order chi connectivity index (χ1) is 13.0. The van der Waals surface area contributed by atoms with E-state index < -0.39 is 0 Å². The van der Waals surface area contributed by atoms with E-state index in [4.69, 9.17) is 0 Å².